The number of hydrogen-bond acceptors (Lipinski definition) is 3. The van der Waals surface area contributed by atoms with E-state index < -0.39 is 5.91 Å². The van der Waals surface area contributed by atoms with Crippen molar-refractivity contribution in [2.75, 3.05) is 6.61 Å². The molecule has 0 saturated heterocycles. The molecule has 0 unspecified atom stereocenters. The molecule has 7 heteroatoms. The number of hydrogen-bond donors (Lipinski definition) is 0. The van der Waals surface area contributed by atoms with Gasteiger partial charge in [-0.25, -0.2) is 4.39 Å². The lowest BCUT2D eigenvalue weighted by molar-refractivity contribution is -0.120. The fourth-order valence-electron chi connectivity index (χ4n) is 2.25. The van der Waals surface area contributed by atoms with Gasteiger partial charge >= 0.3 is 0 Å². The normalized spacial score (nSPS) is 11.7. The zero-order valence-corrected chi connectivity index (χ0v) is 14.7. The zero-order chi connectivity index (χ0) is 17.8. The summed E-state index contributed by atoms with van der Waals surface area (Å²) in [6, 6.07) is 11.0. The van der Waals surface area contributed by atoms with Gasteiger partial charge in [-0.15, -0.1) is 6.58 Å². The number of fused-ring (bicyclic) bond motifs is 1. The van der Waals surface area contributed by atoms with Crippen LogP contribution >= 0.6 is 22.9 Å². The molecule has 0 fully saturated rings. The standard InChI is InChI=1S/C18H14ClFN2O2S/c1-2-9-22-15-8-3-12(19)10-16(15)25-18(22)21-17(23)11-24-14-6-4-13(20)5-7-14/h2-8,10H,1,9,11H2. The van der Waals surface area contributed by atoms with Crippen LogP contribution in [0, 0.1) is 5.82 Å². The summed E-state index contributed by atoms with van der Waals surface area (Å²) >= 11 is 7.39. The molecule has 1 heterocycles. The molecule has 0 N–H and O–H groups in total. The van der Waals surface area contributed by atoms with E-state index in [4.69, 9.17) is 16.3 Å². The van der Waals surface area contributed by atoms with Crippen LogP contribution in [0.25, 0.3) is 10.2 Å². The predicted molar refractivity (Wildman–Crippen MR) is 97.5 cm³/mol. The van der Waals surface area contributed by atoms with E-state index in [1.165, 1.54) is 35.6 Å². The molecule has 0 aliphatic rings. The summed E-state index contributed by atoms with van der Waals surface area (Å²) in [5.74, 6) is -0.385. The van der Waals surface area contributed by atoms with Gasteiger partial charge in [-0.2, -0.15) is 4.99 Å². The van der Waals surface area contributed by atoms with Crippen molar-refractivity contribution in [2.45, 2.75) is 6.54 Å². The number of rotatable bonds is 5. The number of carbonyl (C=O) groups excluding carboxylic acids is 1. The Balaban J connectivity index is 1.86. The molecule has 2 aromatic carbocycles. The summed E-state index contributed by atoms with van der Waals surface area (Å²) in [6.45, 7) is 4.03. The van der Waals surface area contributed by atoms with E-state index in [1.807, 2.05) is 16.7 Å². The van der Waals surface area contributed by atoms with Crippen molar-refractivity contribution in [2.24, 2.45) is 4.99 Å². The highest BCUT2D eigenvalue weighted by atomic mass is 35.5. The number of thiazole rings is 1. The van der Waals surface area contributed by atoms with Crippen molar-refractivity contribution >= 4 is 39.1 Å². The number of benzene rings is 2. The van der Waals surface area contributed by atoms with E-state index in [2.05, 4.69) is 11.6 Å². The largest absolute Gasteiger partial charge is 0.484 e. The fourth-order valence-corrected chi connectivity index (χ4v) is 3.59. The third-order valence-corrected chi connectivity index (χ3v) is 4.63. The summed E-state index contributed by atoms with van der Waals surface area (Å²) in [5.41, 5.74) is 0.931. The molecule has 0 atom stereocenters. The van der Waals surface area contributed by atoms with Crippen LogP contribution in [0.5, 0.6) is 5.75 Å². The molecule has 4 nitrogen and oxygen atoms in total. The first-order valence-electron chi connectivity index (χ1n) is 7.42. The minimum absolute atomic E-state index is 0.227. The fraction of sp³-hybridized carbons (Fsp3) is 0.111. The average molecular weight is 377 g/mol. The van der Waals surface area contributed by atoms with Crippen LogP contribution in [0.1, 0.15) is 0 Å². The average Bonchev–Trinajstić information content (AvgIpc) is 2.91. The van der Waals surface area contributed by atoms with Crippen molar-refractivity contribution in [1.29, 1.82) is 0 Å². The summed E-state index contributed by atoms with van der Waals surface area (Å²) in [5, 5.41) is 0.622. The third-order valence-electron chi connectivity index (χ3n) is 3.35. The number of allylic oxidation sites excluding steroid dienone is 1. The van der Waals surface area contributed by atoms with E-state index in [-0.39, 0.29) is 12.4 Å². The summed E-state index contributed by atoms with van der Waals surface area (Å²) in [7, 11) is 0. The van der Waals surface area contributed by atoms with Gasteiger partial charge in [0.15, 0.2) is 11.4 Å². The lowest BCUT2D eigenvalue weighted by Crippen LogP contribution is -2.19. The third kappa shape index (κ3) is 4.15. The maximum absolute atomic E-state index is 12.9. The van der Waals surface area contributed by atoms with Crippen molar-refractivity contribution in [3.63, 3.8) is 0 Å². The van der Waals surface area contributed by atoms with Crippen LogP contribution in [0.15, 0.2) is 60.1 Å². The molecule has 0 radical (unpaired) electrons. The SMILES string of the molecule is C=CCn1c(=NC(=O)COc2ccc(F)cc2)sc2cc(Cl)ccc21. The van der Waals surface area contributed by atoms with Gasteiger partial charge < -0.3 is 9.30 Å². The Morgan fingerprint density at radius 3 is 2.80 bits per heavy atom. The van der Waals surface area contributed by atoms with Gasteiger partial charge in [0, 0.05) is 11.6 Å². The van der Waals surface area contributed by atoms with Crippen LogP contribution in [-0.4, -0.2) is 17.1 Å². The van der Waals surface area contributed by atoms with Gasteiger partial charge in [0.05, 0.1) is 10.2 Å². The van der Waals surface area contributed by atoms with Gasteiger partial charge in [0.1, 0.15) is 11.6 Å². The second-order valence-corrected chi connectivity index (χ2v) is 6.59. The predicted octanol–water partition coefficient (Wildman–Crippen LogP) is 4.19. The quantitative estimate of drug-likeness (QED) is 0.627. The Labute approximate surface area is 152 Å². The molecule has 0 bridgehead atoms. The summed E-state index contributed by atoms with van der Waals surface area (Å²) in [6.07, 6.45) is 1.74. The molecule has 0 aliphatic carbocycles. The Morgan fingerprint density at radius 1 is 1.32 bits per heavy atom. The van der Waals surface area contributed by atoms with Gasteiger partial charge in [0.2, 0.25) is 0 Å². The lowest BCUT2D eigenvalue weighted by Gasteiger charge is -2.03. The van der Waals surface area contributed by atoms with Crippen molar-refractivity contribution in [3.8, 4) is 5.75 Å². The highest BCUT2D eigenvalue weighted by molar-refractivity contribution is 7.16. The molecule has 3 rings (SSSR count). The summed E-state index contributed by atoms with van der Waals surface area (Å²) < 4.78 is 21.0. The number of nitrogens with zero attached hydrogens (tertiary/aromatic N) is 2. The first-order chi connectivity index (χ1) is 12.1. The van der Waals surface area contributed by atoms with E-state index in [9.17, 15) is 9.18 Å². The Hall–Kier alpha value is -2.44. The van der Waals surface area contributed by atoms with E-state index in [0.717, 1.165) is 10.2 Å². The minimum Gasteiger partial charge on any atom is -0.484 e. The monoisotopic (exact) mass is 376 g/mol. The first-order valence-corrected chi connectivity index (χ1v) is 8.62. The Bertz CT molecular complexity index is 992. The molecule has 128 valence electrons. The number of ether oxygens (including phenoxy) is 1. The van der Waals surface area contributed by atoms with E-state index in [0.29, 0.717) is 22.1 Å². The molecule has 0 aliphatic heterocycles. The maximum atomic E-state index is 12.9. The molecule has 1 aromatic heterocycles. The van der Waals surface area contributed by atoms with Gasteiger partial charge in [-0.1, -0.05) is 29.0 Å². The van der Waals surface area contributed by atoms with Gasteiger partial charge in [-0.3, -0.25) is 4.79 Å². The topological polar surface area (TPSA) is 43.6 Å². The zero-order valence-electron chi connectivity index (χ0n) is 13.1. The Morgan fingerprint density at radius 2 is 2.08 bits per heavy atom. The molecule has 1 amide bonds. The molecule has 25 heavy (non-hydrogen) atoms. The molecular weight excluding hydrogens is 363 g/mol. The Kier molecular flexibility index (Phi) is 5.31. The van der Waals surface area contributed by atoms with E-state index in [1.54, 1.807) is 12.1 Å². The van der Waals surface area contributed by atoms with Crippen LogP contribution in [0.2, 0.25) is 5.02 Å². The number of carbonyl (C=O) groups is 1. The highest BCUT2D eigenvalue weighted by Crippen LogP contribution is 2.22. The molecule has 0 saturated carbocycles. The summed E-state index contributed by atoms with van der Waals surface area (Å²) in [4.78, 5) is 16.8. The van der Waals surface area contributed by atoms with Crippen LogP contribution < -0.4 is 9.54 Å². The maximum Gasteiger partial charge on any atom is 0.286 e. The lowest BCUT2D eigenvalue weighted by atomic mass is 10.3. The number of halogens is 2. The number of aromatic nitrogens is 1. The van der Waals surface area contributed by atoms with Crippen molar-refractivity contribution in [1.82, 2.24) is 4.57 Å². The number of amides is 1. The van der Waals surface area contributed by atoms with Crippen LogP contribution in [0.4, 0.5) is 4.39 Å². The van der Waals surface area contributed by atoms with Crippen molar-refractivity contribution in [3.05, 3.63) is 70.8 Å². The molecular formula is C18H14ClFN2O2S. The van der Waals surface area contributed by atoms with E-state index >= 15 is 0 Å². The first kappa shape index (κ1) is 17.4. The van der Waals surface area contributed by atoms with Crippen LogP contribution in [-0.2, 0) is 11.3 Å². The van der Waals surface area contributed by atoms with Crippen LogP contribution in [0.3, 0.4) is 0 Å². The second-order valence-electron chi connectivity index (χ2n) is 5.14. The minimum atomic E-state index is -0.431. The molecule has 0 spiro atoms. The second kappa shape index (κ2) is 7.63. The van der Waals surface area contributed by atoms with Gasteiger partial charge in [0.25, 0.3) is 5.91 Å². The highest BCUT2D eigenvalue weighted by Gasteiger charge is 2.08. The van der Waals surface area contributed by atoms with Gasteiger partial charge in [-0.05, 0) is 42.5 Å². The molecule has 3 aromatic rings. The smallest absolute Gasteiger partial charge is 0.286 e. The van der Waals surface area contributed by atoms with Crippen molar-refractivity contribution < 1.29 is 13.9 Å².